The molecule has 0 saturated carbocycles. The van der Waals surface area contributed by atoms with Gasteiger partial charge in [0, 0.05) is 22.1 Å². The van der Waals surface area contributed by atoms with Gasteiger partial charge < -0.3 is 4.57 Å². The molecule has 1 nitrogen and oxygen atoms in total. The Balaban J connectivity index is 1.03. The quantitative estimate of drug-likeness (QED) is 0.152. The summed E-state index contributed by atoms with van der Waals surface area (Å²) in [5, 5.41) is 2.58. The molecule has 1 heteroatoms. The Bertz CT molecular complexity index is 3810. The lowest BCUT2D eigenvalue weighted by Gasteiger charge is -2.39. The van der Waals surface area contributed by atoms with E-state index in [0.29, 0.717) is 0 Å². The number of benzene rings is 10. The second kappa shape index (κ2) is 13.8. The standard InChI is InChI=1S/C65H45N/c1-64(2)54-29-13-10-23-46(54)48-38-36-43(40-58(48)64)62(51-26-8-6-21-44(51)41-19-4-3-5-20-41)52-27-9-7-22-45(52)42-35-37-49-47-24-11-14-30-55(47)65(59(49)39-42)56-31-15-17-34-61(56)66-60-33-16-12-25-50(60)53-28-18-32-57(65)63(53)66/h3-40,62H,1-2H3. The zero-order valence-corrected chi connectivity index (χ0v) is 37.0. The molecule has 14 rings (SSSR count). The van der Waals surface area contributed by atoms with E-state index in [9.17, 15) is 0 Å². The van der Waals surface area contributed by atoms with Gasteiger partial charge in [-0.2, -0.15) is 0 Å². The van der Waals surface area contributed by atoms with Crippen LogP contribution in [0.3, 0.4) is 0 Å². The fraction of sp³-hybridized carbons (Fsp3) is 0.0769. The molecule has 1 aromatic heterocycles. The van der Waals surface area contributed by atoms with Gasteiger partial charge in [-0.3, -0.25) is 0 Å². The summed E-state index contributed by atoms with van der Waals surface area (Å²) in [6.45, 7) is 4.79. The lowest BCUT2D eigenvalue weighted by molar-refractivity contribution is 0.659. The maximum Gasteiger partial charge on any atom is 0.0754 e. The molecule has 310 valence electrons. The third-order valence-corrected chi connectivity index (χ3v) is 15.6. The molecular formula is C65H45N. The summed E-state index contributed by atoms with van der Waals surface area (Å²) in [5.74, 6) is -0.0540. The van der Waals surface area contributed by atoms with Crippen molar-refractivity contribution in [2.45, 2.75) is 30.6 Å². The average Bonchev–Trinajstić information content (AvgIpc) is 3.95. The summed E-state index contributed by atoms with van der Waals surface area (Å²) in [6, 6.07) is 87.2. The normalized spacial score (nSPS) is 16.2. The van der Waals surface area contributed by atoms with Gasteiger partial charge in [0.2, 0.25) is 0 Å². The topological polar surface area (TPSA) is 4.93 Å². The summed E-state index contributed by atoms with van der Waals surface area (Å²) in [4.78, 5) is 0. The lowest BCUT2D eigenvalue weighted by Crippen LogP contribution is -2.33. The van der Waals surface area contributed by atoms with Crippen molar-refractivity contribution in [2.24, 2.45) is 0 Å². The van der Waals surface area contributed by atoms with Crippen LogP contribution in [0.5, 0.6) is 0 Å². The first-order valence-electron chi connectivity index (χ1n) is 23.4. The molecule has 2 atom stereocenters. The molecule has 10 aromatic carbocycles. The number of hydrogen-bond donors (Lipinski definition) is 0. The average molecular weight is 840 g/mol. The summed E-state index contributed by atoms with van der Waals surface area (Å²) < 4.78 is 2.53. The summed E-state index contributed by atoms with van der Waals surface area (Å²) >= 11 is 0. The van der Waals surface area contributed by atoms with E-state index in [1.807, 2.05) is 0 Å². The van der Waals surface area contributed by atoms with Crippen LogP contribution in [0, 0.1) is 0 Å². The first-order valence-corrected chi connectivity index (χ1v) is 23.4. The zero-order chi connectivity index (χ0) is 43.7. The number of aromatic nitrogens is 1. The van der Waals surface area contributed by atoms with Gasteiger partial charge in [0.1, 0.15) is 0 Å². The van der Waals surface area contributed by atoms with Crippen molar-refractivity contribution < 1.29 is 0 Å². The van der Waals surface area contributed by atoms with E-state index >= 15 is 0 Å². The smallest absolute Gasteiger partial charge is 0.0754 e. The minimum absolute atomic E-state index is 0.0540. The second-order valence-corrected chi connectivity index (χ2v) is 19.1. The van der Waals surface area contributed by atoms with Gasteiger partial charge in [-0.1, -0.05) is 226 Å². The van der Waals surface area contributed by atoms with E-state index in [1.54, 1.807) is 0 Å². The molecule has 0 radical (unpaired) electrons. The first kappa shape index (κ1) is 37.4. The van der Waals surface area contributed by atoms with Crippen LogP contribution in [0.1, 0.15) is 69.8 Å². The highest BCUT2D eigenvalue weighted by atomic mass is 15.0. The van der Waals surface area contributed by atoms with E-state index in [2.05, 4.69) is 249 Å². The molecule has 2 aliphatic carbocycles. The van der Waals surface area contributed by atoms with Crippen molar-refractivity contribution in [3.05, 3.63) is 281 Å². The van der Waals surface area contributed by atoms with Gasteiger partial charge in [0.05, 0.1) is 22.1 Å². The molecule has 1 aliphatic heterocycles. The minimum atomic E-state index is -0.531. The molecule has 0 amide bonds. The number of nitrogens with zero attached hydrogens (tertiary/aromatic N) is 1. The Morgan fingerprint density at radius 1 is 0.348 bits per heavy atom. The largest absolute Gasteiger partial charge is 0.309 e. The molecule has 0 N–H and O–H groups in total. The van der Waals surface area contributed by atoms with Crippen molar-refractivity contribution in [3.8, 4) is 50.2 Å². The Morgan fingerprint density at radius 3 is 1.68 bits per heavy atom. The molecule has 2 unspecified atom stereocenters. The van der Waals surface area contributed by atoms with Crippen molar-refractivity contribution in [2.75, 3.05) is 0 Å². The van der Waals surface area contributed by atoms with Gasteiger partial charge in [-0.05, 0) is 113 Å². The Labute approximate surface area is 385 Å². The predicted molar refractivity (Wildman–Crippen MR) is 274 cm³/mol. The lowest BCUT2D eigenvalue weighted by atomic mass is 9.65. The maximum absolute atomic E-state index is 2.56. The van der Waals surface area contributed by atoms with Crippen molar-refractivity contribution in [3.63, 3.8) is 0 Å². The van der Waals surface area contributed by atoms with Gasteiger partial charge in [-0.15, -0.1) is 0 Å². The van der Waals surface area contributed by atoms with Gasteiger partial charge >= 0.3 is 0 Å². The van der Waals surface area contributed by atoms with E-state index in [1.165, 1.54) is 122 Å². The molecule has 0 saturated heterocycles. The molecule has 1 spiro atoms. The van der Waals surface area contributed by atoms with Crippen LogP contribution in [0.2, 0.25) is 0 Å². The van der Waals surface area contributed by atoms with Crippen molar-refractivity contribution in [1.29, 1.82) is 0 Å². The first-order chi connectivity index (χ1) is 32.5. The highest BCUT2D eigenvalue weighted by Gasteiger charge is 2.51. The number of fused-ring (bicyclic) bond motifs is 15. The van der Waals surface area contributed by atoms with Crippen LogP contribution < -0.4 is 0 Å². The van der Waals surface area contributed by atoms with Crippen molar-refractivity contribution >= 4 is 21.8 Å². The Hall–Kier alpha value is -8.00. The monoisotopic (exact) mass is 839 g/mol. The molecule has 66 heavy (non-hydrogen) atoms. The van der Waals surface area contributed by atoms with Gasteiger partial charge in [0.25, 0.3) is 0 Å². The van der Waals surface area contributed by atoms with E-state index in [4.69, 9.17) is 0 Å². The third-order valence-electron chi connectivity index (χ3n) is 15.6. The molecule has 0 bridgehead atoms. The van der Waals surface area contributed by atoms with Crippen LogP contribution in [0.25, 0.3) is 72.0 Å². The Kier molecular flexibility index (Phi) is 7.79. The third kappa shape index (κ3) is 4.90. The highest BCUT2D eigenvalue weighted by Crippen LogP contribution is 2.62. The second-order valence-electron chi connectivity index (χ2n) is 19.1. The fourth-order valence-electron chi connectivity index (χ4n) is 12.8. The van der Waals surface area contributed by atoms with Gasteiger partial charge in [0.15, 0.2) is 0 Å². The molecule has 2 heterocycles. The maximum atomic E-state index is 2.56. The van der Waals surface area contributed by atoms with Crippen molar-refractivity contribution in [1.82, 2.24) is 4.57 Å². The fourth-order valence-corrected chi connectivity index (χ4v) is 12.8. The highest BCUT2D eigenvalue weighted by molar-refractivity contribution is 6.13. The predicted octanol–water partition coefficient (Wildman–Crippen LogP) is 16.3. The zero-order valence-electron chi connectivity index (χ0n) is 37.0. The Morgan fingerprint density at radius 2 is 0.894 bits per heavy atom. The van der Waals surface area contributed by atoms with E-state index in [-0.39, 0.29) is 11.3 Å². The van der Waals surface area contributed by atoms with Crippen LogP contribution in [0.4, 0.5) is 0 Å². The van der Waals surface area contributed by atoms with Gasteiger partial charge in [-0.25, -0.2) is 0 Å². The number of hydrogen-bond acceptors (Lipinski definition) is 0. The molecule has 11 aromatic rings. The molecule has 3 aliphatic rings. The number of para-hydroxylation sites is 3. The minimum Gasteiger partial charge on any atom is -0.309 e. The SMILES string of the molecule is CC1(C)c2ccccc2-c2ccc(C(c3ccccc3-c3ccccc3)c3ccccc3-c3ccc4c(c3)C3(c5ccccc5-4)c4ccccc4-n4c5ccccc5c5cccc3c54)cc21. The molecule has 0 fully saturated rings. The summed E-state index contributed by atoms with van der Waals surface area (Å²) in [7, 11) is 0. The van der Waals surface area contributed by atoms with E-state index < -0.39 is 5.41 Å². The van der Waals surface area contributed by atoms with Crippen LogP contribution in [-0.2, 0) is 10.8 Å². The van der Waals surface area contributed by atoms with Crippen LogP contribution in [-0.4, -0.2) is 4.57 Å². The summed E-state index contributed by atoms with van der Waals surface area (Å²) in [6.07, 6.45) is 0. The van der Waals surface area contributed by atoms with E-state index in [0.717, 1.165) is 0 Å². The molecular weight excluding hydrogens is 795 g/mol. The van der Waals surface area contributed by atoms with Crippen LogP contribution >= 0.6 is 0 Å². The number of rotatable bonds is 5. The van der Waals surface area contributed by atoms with Crippen LogP contribution in [0.15, 0.2) is 231 Å². The summed E-state index contributed by atoms with van der Waals surface area (Å²) in [5.41, 5.74) is 25.4.